The smallest absolute Gasteiger partial charge is 0.128 e. The average molecular weight is 387 g/mol. The molecule has 1 aliphatic carbocycles. The summed E-state index contributed by atoms with van der Waals surface area (Å²) in [5, 5.41) is 2.27. The van der Waals surface area contributed by atoms with Crippen molar-refractivity contribution in [2.75, 3.05) is 0 Å². The minimum absolute atomic E-state index is 0.183. The predicted molar refractivity (Wildman–Crippen MR) is 108 cm³/mol. The third-order valence-electron chi connectivity index (χ3n) is 5.30. The number of hydrogen-bond donors (Lipinski definition) is 0. The number of hydrogen-bond acceptors (Lipinski definition) is 4. The number of halogens is 1. The molecule has 0 spiro atoms. The first-order valence-electron chi connectivity index (χ1n) is 9.04. The lowest BCUT2D eigenvalue weighted by Gasteiger charge is -2.33. The zero-order valence-corrected chi connectivity index (χ0v) is 17.0. The molecule has 1 aromatic carbocycles. The molecule has 136 valence electrons. The molecule has 1 atom stereocenters. The van der Waals surface area contributed by atoms with E-state index in [1.807, 2.05) is 17.4 Å². The van der Waals surface area contributed by atoms with E-state index in [1.54, 1.807) is 30.2 Å². The molecule has 5 heteroatoms. The minimum Gasteiger partial charge on any atom is -0.229 e. The van der Waals surface area contributed by atoms with Gasteiger partial charge < -0.3 is 0 Å². The second-order valence-electron chi connectivity index (χ2n) is 8.09. The summed E-state index contributed by atoms with van der Waals surface area (Å²) in [5.41, 5.74) is 2.78. The van der Waals surface area contributed by atoms with Crippen LogP contribution in [0.25, 0.3) is 10.2 Å². The highest BCUT2D eigenvalue weighted by Crippen LogP contribution is 2.44. The monoisotopic (exact) mass is 386 g/mol. The fourth-order valence-corrected chi connectivity index (χ4v) is 6.01. The first-order chi connectivity index (χ1) is 12.4. The Labute approximate surface area is 162 Å². The SMILES string of the molecule is CC(C)(C)C1CCc2c(sc3ncnc(SCc4cccc(F)c4)c23)C1. The normalized spacial score (nSPS) is 17.5. The molecule has 0 aliphatic heterocycles. The van der Waals surface area contributed by atoms with Crippen molar-refractivity contribution in [3.63, 3.8) is 0 Å². The molecule has 0 bridgehead atoms. The zero-order chi connectivity index (χ0) is 18.3. The third kappa shape index (κ3) is 3.52. The fourth-order valence-electron chi connectivity index (χ4n) is 3.71. The largest absolute Gasteiger partial charge is 0.229 e. The van der Waals surface area contributed by atoms with Crippen LogP contribution in [0.2, 0.25) is 0 Å². The zero-order valence-electron chi connectivity index (χ0n) is 15.4. The Kier molecular flexibility index (Phi) is 4.78. The molecular formula is C21H23FN2S2. The number of fused-ring (bicyclic) bond motifs is 3. The van der Waals surface area contributed by atoms with Crippen LogP contribution < -0.4 is 0 Å². The van der Waals surface area contributed by atoms with Crippen molar-refractivity contribution in [3.8, 4) is 0 Å². The van der Waals surface area contributed by atoms with E-state index in [2.05, 4.69) is 30.7 Å². The van der Waals surface area contributed by atoms with E-state index >= 15 is 0 Å². The average Bonchev–Trinajstić information content (AvgIpc) is 2.97. The first kappa shape index (κ1) is 17.9. The van der Waals surface area contributed by atoms with Gasteiger partial charge in [0.15, 0.2) is 0 Å². The summed E-state index contributed by atoms with van der Waals surface area (Å²) in [5.74, 6) is 1.26. The van der Waals surface area contributed by atoms with Crippen LogP contribution in [-0.2, 0) is 18.6 Å². The van der Waals surface area contributed by atoms with Gasteiger partial charge in [-0.15, -0.1) is 23.1 Å². The van der Waals surface area contributed by atoms with Crippen molar-refractivity contribution >= 4 is 33.3 Å². The Morgan fingerprint density at radius 2 is 2.12 bits per heavy atom. The summed E-state index contributed by atoms with van der Waals surface area (Å²) in [6.07, 6.45) is 5.15. The van der Waals surface area contributed by atoms with Gasteiger partial charge in [0.2, 0.25) is 0 Å². The summed E-state index contributed by atoms with van der Waals surface area (Å²) >= 11 is 3.52. The van der Waals surface area contributed by atoms with Gasteiger partial charge in [-0.25, -0.2) is 14.4 Å². The molecule has 2 nitrogen and oxygen atoms in total. The Morgan fingerprint density at radius 1 is 1.27 bits per heavy atom. The number of benzene rings is 1. The van der Waals surface area contributed by atoms with Gasteiger partial charge in [-0.1, -0.05) is 32.9 Å². The van der Waals surface area contributed by atoms with Gasteiger partial charge in [-0.2, -0.15) is 0 Å². The van der Waals surface area contributed by atoms with Crippen LogP contribution >= 0.6 is 23.1 Å². The van der Waals surface area contributed by atoms with Crippen LogP contribution in [0.4, 0.5) is 4.39 Å². The van der Waals surface area contributed by atoms with Crippen LogP contribution in [0.15, 0.2) is 35.6 Å². The van der Waals surface area contributed by atoms with E-state index < -0.39 is 0 Å². The quantitative estimate of drug-likeness (QED) is 0.392. The summed E-state index contributed by atoms with van der Waals surface area (Å²) in [7, 11) is 0. The molecule has 0 saturated carbocycles. The number of nitrogens with zero attached hydrogens (tertiary/aromatic N) is 2. The van der Waals surface area contributed by atoms with Crippen molar-refractivity contribution in [1.29, 1.82) is 0 Å². The maximum atomic E-state index is 13.4. The Morgan fingerprint density at radius 3 is 2.88 bits per heavy atom. The fraction of sp³-hybridized carbons (Fsp3) is 0.429. The molecule has 4 rings (SSSR count). The molecule has 2 heterocycles. The third-order valence-corrected chi connectivity index (χ3v) is 7.52. The van der Waals surface area contributed by atoms with Crippen LogP contribution in [0, 0.1) is 17.2 Å². The molecule has 2 aromatic heterocycles. The summed E-state index contributed by atoms with van der Waals surface area (Å²) in [6, 6.07) is 6.81. The molecule has 0 radical (unpaired) electrons. The maximum Gasteiger partial charge on any atom is 0.128 e. The Hall–Kier alpha value is -1.46. The molecule has 0 fully saturated rings. The van der Waals surface area contributed by atoms with Gasteiger partial charge in [0.25, 0.3) is 0 Å². The second-order valence-corrected chi connectivity index (χ2v) is 10.1. The lowest BCUT2D eigenvalue weighted by molar-refractivity contribution is 0.218. The van der Waals surface area contributed by atoms with Gasteiger partial charge in [-0.05, 0) is 53.9 Å². The first-order valence-corrected chi connectivity index (χ1v) is 10.8. The van der Waals surface area contributed by atoms with Crippen molar-refractivity contribution < 1.29 is 4.39 Å². The number of thioether (sulfide) groups is 1. The van der Waals surface area contributed by atoms with E-state index in [4.69, 9.17) is 0 Å². The van der Waals surface area contributed by atoms with Gasteiger partial charge in [0, 0.05) is 16.0 Å². The van der Waals surface area contributed by atoms with Crippen molar-refractivity contribution in [2.24, 2.45) is 11.3 Å². The van der Waals surface area contributed by atoms with Crippen molar-refractivity contribution in [1.82, 2.24) is 9.97 Å². The highest BCUT2D eigenvalue weighted by Gasteiger charge is 2.31. The number of thiophene rings is 1. The standard InChI is InChI=1S/C21H23FN2S2/c1-21(2,3)14-7-8-16-17(10-14)26-20-18(16)19(23-12-24-20)25-11-13-5-4-6-15(22)9-13/h4-6,9,12,14H,7-8,10-11H2,1-3H3. The van der Waals surface area contributed by atoms with Gasteiger partial charge in [0.1, 0.15) is 22.0 Å². The minimum atomic E-state index is -0.183. The lowest BCUT2D eigenvalue weighted by atomic mass is 9.72. The van der Waals surface area contributed by atoms with Gasteiger partial charge in [-0.3, -0.25) is 0 Å². The topological polar surface area (TPSA) is 25.8 Å². The molecule has 1 unspecified atom stereocenters. The van der Waals surface area contributed by atoms with E-state index in [0.29, 0.717) is 5.41 Å². The molecule has 0 N–H and O–H groups in total. The van der Waals surface area contributed by atoms with Crippen LogP contribution in [0.3, 0.4) is 0 Å². The predicted octanol–water partition coefficient (Wildman–Crippen LogP) is 6.27. The van der Waals surface area contributed by atoms with Crippen LogP contribution in [0.1, 0.15) is 43.2 Å². The van der Waals surface area contributed by atoms with E-state index in [0.717, 1.165) is 39.9 Å². The van der Waals surface area contributed by atoms with Gasteiger partial charge >= 0.3 is 0 Å². The molecule has 1 aliphatic rings. The highest BCUT2D eigenvalue weighted by atomic mass is 32.2. The van der Waals surface area contributed by atoms with Crippen LogP contribution in [0.5, 0.6) is 0 Å². The maximum absolute atomic E-state index is 13.4. The van der Waals surface area contributed by atoms with Gasteiger partial charge in [0.05, 0.1) is 0 Å². The molecular weight excluding hydrogens is 363 g/mol. The van der Waals surface area contributed by atoms with Crippen molar-refractivity contribution in [2.45, 2.75) is 50.8 Å². The van der Waals surface area contributed by atoms with Crippen molar-refractivity contribution in [3.05, 3.63) is 52.4 Å². The van der Waals surface area contributed by atoms with E-state index in [9.17, 15) is 4.39 Å². The Bertz CT molecular complexity index is 943. The summed E-state index contributed by atoms with van der Waals surface area (Å²) < 4.78 is 13.4. The molecule has 26 heavy (non-hydrogen) atoms. The van der Waals surface area contributed by atoms with E-state index in [-0.39, 0.29) is 5.82 Å². The molecule has 3 aromatic rings. The summed E-state index contributed by atoms with van der Waals surface area (Å²) in [4.78, 5) is 11.7. The number of aromatic nitrogens is 2. The number of aryl methyl sites for hydroxylation is 1. The molecule has 0 amide bonds. The number of rotatable bonds is 3. The molecule has 0 saturated heterocycles. The highest BCUT2D eigenvalue weighted by molar-refractivity contribution is 7.98. The lowest BCUT2D eigenvalue weighted by Crippen LogP contribution is -2.26. The summed E-state index contributed by atoms with van der Waals surface area (Å²) in [6.45, 7) is 7.03. The second kappa shape index (κ2) is 6.93. The Balaban J connectivity index is 1.64. The van der Waals surface area contributed by atoms with E-state index in [1.165, 1.54) is 28.3 Å². The van der Waals surface area contributed by atoms with Crippen LogP contribution in [-0.4, -0.2) is 9.97 Å².